The number of hydrazone groups is 1. The van der Waals surface area contributed by atoms with Crippen molar-refractivity contribution in [1.82, 2.24) is 5.43 Å². The molecule has 0 fully saturated rings. The maximum atomic E-state index is 11.8. The summed E-state index contributed by atoms with van der Waals surface area (Å²) in [6.07, 6.45) is 3.61. The van der Waals surface area contributed by atoms with Crippen LogP contribution in [0.1, 0.15) is 12.5 Å². The Morgan fingerprint density at radius 1 is 1.31 bits per heavy atom. The fraction of sp³-hybridized carbons (Fsp3) is 0.111. The van der Waals surface area contributed by atoms with Crippen LogP contribution in [-0.2, 0) is 4.79 Å². The number of halogens is 1. The van der Waals surface area contributed by atoms with Gasteiger partial charge >= 0.3 is 5.69 Å². The van der Waals surface area contributed by atoms with Gasteiger partial charge in [-0.1, -0.05) is 48.0 Å². The van der Waals surface area contributed by atoms with Gasteiger partial charge in [0.05, 0.1) is 10.6 Å². The smallest absolute Gasteiger partial charge is 0.312 e. The Labute approximate surface area is 155 Å². The number of nitro groups is 1. The van der Waals surface area contributed by atoms with Crippen molar-refractivity contribution >= 4 is 35.0 Å². The number of carbonyl (C=O) groups is 1. The summed E-state index contributed by atoms with van der Waals surface area (Å²) in [6, 6.07) is 13.6. The average molecular weight is 374 g/mol. The molecule has 0 aliphatic carbocycles. The van der Waals surface area contributed by atoms with Gasteiger partial charge in [0.15, 0.2) is 12.4 Å². The van der Waals surface area contributed by atoms with Gasteiger partial charge < -0.3 is 4.74 Å². The lowest BCUT2D eigenvalue weighted by Crippen LogP contribution is -2.25. The van der Waals surface area contributed by atoms with E-state index in [0.29, 0.717) is 5.71 Å². The normalized spacial score (nSPS) is 11.4. The molecule has 1 amide bonds. The number of ether oxygens (including phenoxy) is 1. The number of rotatable bonds is 7. The highest BCUT2D eigenvalue weighted by atomic mass is 35.5. The zero-order chi connectivity index (χ0) is 18.9. The molecule has 0 aliphatic heterocycles. The molecule has 0 aliphatic rings. The first kappa shape index (κ1) is 19.1. The first-order valence-corrected chi connectivity index (χ1v) is 7.96. The molecular formula is C18H16ClN3O4. The molecule has 0 saturated heterocycles. The van der Waals surface area contributed by atoms with E-state index in [4.69, 9.17) is 16.3 Å². The van der Waals surface area contributed by atoms with Crippen LogP contribution in [-0.4, -0.2) is 23.1 Å². The van der Waals surface area contributed by atoms with Crippen LogP contribution in [0.5, 0.6) is 5.75 Å². The summed E-state index contributed by atoms with van der Waals surface area (Å²) < 4.78 is 5.18. The van der Waals surface area contributed by atoms with E-state index in [9.17, 15) is 14.9 Å². The second-order valence-corrected chi connectivity index (χ2v) is 5.63. The lowest BCUT2D eigenvalue weighted by Gasteiger charge is -2.06. The predicted molar refractivity (Wildman–Crippen MR) is 100 cm³/mol. The quantitative estimate of drug-likeness (QED) is 0.453. The highest BCUT2D eigenvalue weighted by molar-refractivity contribution is 6.30. The topological polar surface area (TPSA) is 93.8 Å². The number of allylic oxidation sites excluding steroid dienone is 1. The predicted octanol–water partition coefficient (Wildman–Crippen LogP) is 3.83. The molecule has 0 spiro atoms. The van der Waals surface area contributed by atoms with E-state index < -0.39 is 17.4 Å². The maximum absolute atomic E-state index is 11.8. The van der Waals surface area contributed by atoms with Crippen molar-refractivity contribution < 1.29 is 14.5 Å². The third kappa shape index (κ3) is 6.03. The number of nitro benzene ring substituents is 1. The van der Waals surface area contributed by atoms with Gasteiger partial charge in [-0.25, -0.2) is 5.43 Å². The van der Waals surface area contributed by atoms with Gasteiger partial charge in [0.25, 0.3) is 5.91 Å². The van der Waals surface area contributed by atoms with E-state index in [0.717, 1.165) is 11.6 Å². The fourth-order valence-corrected chi connectivity index (χ4v) is 2.07. The Bertz CT molecular complexity index is 851. The SMILES string of the molecule is CC(C=Cc1ccccc1)=NNC(=O)COc1ccc(Cl)cc1[N+](=O)[O-]. The number of benzene rings is 2. The van der Waals surface area contributed by atoms with E-state index in [1.54, 1.807) is 13.0 Å². The number of carbonyl (C=O) groups excluding carboxylic acids is 1. The summed E-state index contributed by atoms with van der Waals surface area (Å²) in [5, 5.41) is 15.1. The standard InChI is InChI=1S/C18H16ClN3O4/c1-13(7-8-14-5-3-2-4-6-14)20-21-18(23)12-26-17-10-9-15(19)11-16(17)22(24)25/h2-11H,12H2,1H3,(H,21,23). The average Bonchev–Trinajstić information content (AvgIpc) is 2.64. The second-order valence-electron chi connectivity index (χ2n) is 5.19. The first-order valence-electron chi connectivity index (χ1n) is 7.58. The minimum absolute atomic E-state index is 0.0424. The maximum Gasteiger partial charge on any atom is 0.312 e. The van der Waals surface area contributed by atoms with Gasteiger partial charge in [-0.2, -0.15) is 5.10 Å². The van der Waals surface area contributed by atoms with Crippen LogP contribution in [0.15, 0.2) is 59.7 Å². The highest BCUT2D eigenvalue weighted by Gasteiger charge is 2.16. The number of hydrogen-bond donors (Lipinski definition) is 1. The second kappa shape index (κ2) is 9.33. The monoisotopic (exact) mass is 373 g/mol. The number of amides is 1. The number of nitrogens with one attached hydrogen (secondary N) is 1. The summed E-state index contributed by atoms with van der Waals surface area (Å²) >= 11 is 5.72. The van der Waals surface area contributed by atoms with E-state index in [-0.39, 0.29) is 16.5 Å². The van der Waals surface area contributed by atoms with Gasteiger partial charge in [-0.15, -0.1) is 0 Å². The zero-order valence-electron chi connectivity index (χ0n) is 13.9. The van der Waals surface area contributed by atoms with Crippen molar-refractivity contribution in [3.63, 3.8) is 0 Å². The van der Waals surface area contributed by atoms with Crippen LogP contribution in [0.3, 0.4) is 0 Å². The third-order valence-corrected chi connectivity index (χ3v) is 3.39. The van der Waals surface area contributed by atoms with Gasteiger partial charge in [-0.05, 0) is 30.7 Å². The van der Waals surface area contributed by atoms with E-state index in [1.807, 2.05) is 36.4 Å². The molecule has 7 nitrogen and oxygen atoms in total. The molecule has 1 N–H and O–H groups in total. The molecule has 0 atom stereocenters. The Hall–Kier alpha value is -3.19. The van der Waals surface area contributed by atoms with Crippen molar-refractivity contribution in [3.8, 4) is 5.75 Å². The summed E-state index contributed by atoms with van der Waals surface area (Å²) in [7, 11) is 0. The molecule has 0 radical (unpaired) electrons. The Morgan fingerprint density at radius 2 is 2.04 bits per heavy atom. The lowest BCUT2D eigenvalue weighted by atomic mass is 10.2. The molecule has 0 unspecified atom stereocenters. The van der Waals surface area contributed by atoms with Crippen molar-refractivity contribution in [1.29, 1.82) is 0 Å². The van der Waals surface area contributed by atoms with Crippen LogP contribution in [0.2, 0.25) is 5.02 Å². The van der Waals surface area contributed by atoms with Crippen LogP contribution >= 0.6 is 11.6 Å². The Kier molecular flexibility index (Phi) is 6.87. The first-order chi connectivity index (χ1) is 12.5. The van der Waals surface area contributed by atoms with Crippen LogP contribution in [0.25, 0.3) is 6.08 Å². The molecule has 8 heteroatoms. The summed E-state index contributed by atoms with van der Waals surface area (Å²) in [5.41, 5.74) is 3.61. The van der Waals surface area contributed by atoms with E-state index >= 15 is 0 Å². The lowest BCUT2D eigenvalue weighted by molar-refractivity contribution is -0.385. The molecule has 2 aromatic carbocycles. The molecular weight excluding hydrogens is 358 g/mol. The summed E-state index contributed by atoms with van der Waals surface area (Å²) in [4.78, 5) is 22.1. The van der Waals surface area contributed by atoms with Crippen molar-refractivity contribution in [3.05, 3.63) is 75.3 Å². The Balaban J connectivity index is 1.89. The largest absolute Gasteiger partial charge is 0.477 e. The van der Waals surface area contributed by atoms with Crippen molar-refractivity contribution in [2.75, 3.05) is 6.61 Å². The Morgan fingerprint density at radius 3 is 2.73 bits per heavy atom. The fourth-order valence-electron chi connectivity index (χ4n) is 1.90. The molecule has 0 saturated carbocycles. The molecule has 26 heavy (non-hydrogen) atoms. The van der Waals surface area contributed by atoms with Gasteiger partial charge in [-0.3, -0.25) is 14.9 Å². The summed E-state index contributed by atoms with van der Waals surface area (Å²) in [5.74, 6) is -0.582. The van der Waals surface area contributed by atoms with Crippen LogP contribution in [0.4, 0.5) is 5.69 Å². The number of nitrogens with zero attached hydrogens (tertiary/aromatic N) is 2. The third-order valence-electron chi connectivity index (χ3n) is 3.15. The highest BCUT2D eigenvalue weighted by Crippen LogP contribution is 2.29. The van der Waals surface area contributed by atoms with Crippen molar-refractivity contribution in [2.24, 2.45) is 5.10 Å². The van der Waals surface area contributed by atoms with Gasteiger partial charge in [0.1, 0.15) is 0 Å². The molecule has 2 aromatic rings. The molecule has 2 rings (SSSR count). The van der Waals surface area contributed by atoms with Crippen LogP contribution < -0.4 is 10.2 Å². The molecule has 0 bridgehead atoms. The van der Waals surface area contributed by atoms with Gasteiger partial charge in [0.2, 0.25) is 0 Å². The minimum atomic E-state index is -0.629. The van der Waals surface area contributed by atoms with Gasteiger partial charge in [0, 0.05) is 11.1 Å². The summed E-state index contributed by atoms with van der Waals surface area (Å²) in [6.45, 7) is 1.31. The zero-order valence-corrected chi connectivity index (χ0v) is 14.6. The molecule has 134 valence electrons. The minimum Gasteiger partial charge on any atom is -0.477 e. The number of hydrogen-bond acceptors (Lipinski definition) is 5. The van der Waals surface area contributed by atoms with E-state index in [1.165, 1.54) is 12.1 Å². The molecule has 0 heterocycles. The van der Waals surface area contributed by atoms with Crippen molar-refractivity contribution in [2.45, 2.75) is 6.92 Å². The van der Waals surface area contributed by atoms with E-state index in [2.05, 4.69) is 10.5 Å². The van der Waals surface area contributed by atoms with Crippen LogP contribution in [0, 0.1) is 10.1 Å². The molecule has 0 aromatic heterocycles.